The van der Waals surface area contributed by atoms with Crippen LogP contribution in [0.25, 0.3) is 6.08 Å². The highest BCUT2D eigenvalue weighted by atomic mass is 16.5. The second-order valence-electron chi connectivity index (χ2n) is 5.27. The first-order valence-electron chi connectivity index (χ1n) is 7.74. The van der Waals surface area contributed by atoms with E-state index in [1.807, 2.05) is 38.1 Å². The van der Waals surface area contributed by atoms with Crippen LogP contribution in [-0.4, -0.2) is 18.7 Å². The zero-order valence-corrected chi connectivity index (χ0v) is 13.3. The molecule has 0 atom stereocenters. The van der Waals surface area contributed by atoms with Crippen molar-refractivity contribution in [2.24, 2.45) is 0 Å². The molecule has 0 saturated carbocycles. The Kier molecular flexibility index (Phi) is 8.25. The van der Waals surface area contributed by atoms with Gasteiger partial charge in [0, 0.05) is 11.6 Å². The lowest BCUT2D eigenvalue weighted by Crippen LogP contribution is -2.08. The predicted octanol–water partition coefficient (Wildman–Crippen LogP) is 4.61. The maximum atomic E-state index is 11.5. The molecule has 1 rings (SSSR count). The molecule has 0 fully saturated rings. The van der Waals surface area contributed by atoms with Gasteiger partial charge in [0.1, 0.15) is 5.75 Å². The molecule has 0 aliphatic carbocycles. The van der Waals surface area contributed by atoms with Crippen LogP contribution in [0.1, 0.15) is 52.0 Å². The fourth-order valence-electron chi connectivity index (χ4n) is 1.89. The van der Waals surface area contributed by atoms with Crippen molar-refractivity contribution >= 4 is 12.0 Å². The summed E-state index contributed by atoms with van der Waals surface area (Å²) in [4.78, 5) is 11.5. The Bertz CT molecular complexity index is 450. The van der Waals surface area contributed by atoms with Gasteiger partial charge in [0.2, 0.25) is 0 Å². The van der Waals surface area contributed by atoms with Crippen LogP contribution >= 0.6 is 0 Å². The number of ether oxygens (including phenoxy) is 2. The van der Waals surface area contributed by atoms with Gasteiger partial charge in [-0.3, -0.25) is 0 Å². The SMILES string of the molecule is CCCCCCOc1ccccc1C=CC(=O)OC(C)C. The molecule has 116 valence electrons. The summed E-state index contributed by atoms with van der Waals surface area (Å²) in [5, 5.41) is 0. The highest BCUT2D eigenvalue weighted by Crippen LogP contribution is 2.20. The van der Waals surface area contributed by atoms with Gasteiger partial charge in [0.05, 0.1) is 12.7 Å². The lowest BCUT2D eigenvalue weighted by molar-refractivity contribution is -0.141. The number of carbonyl (C=O) groups is 1. The minimum absolute atomic E-state index is 0.104. The van der Waals surface area contributed by atoms with E-state index >= 15 is 0 Å². The third-order valence-electron chi connectivity index (χ3n) is 2.93. The van der Waals surface area contributed by atoms with Crippen molar-refractivity contribution in [3.05, 3.63) is 35.9 Å². The van der Waals surface area contributed by atoms with E-state index in [2.05, 4.69) is 6.92 Å². The molecule has 0 aliphatic rings. The summed E-state index contributed by atoms with van der Waals surface area (Å²) in [5.74, 6) is 0.477. The number of hydrogen-bond acceptors (Lipinski definition) is 3. The number of carbonyl (C=O) groups excluding carboxylic acids is 1. The lowest BCUT2D eigenvalue weighted by atomic mass is 10.2. The first-order chi connectivity index (χ1) is 10.1. The molecule has 0 amide bonds. The molecule has 0 spiro atoms. The highest BCUT2D eigenvalue weighted by Gasteiger charge is 2.03. The lowest BCUT2D eigenvalue weighted by Gasteiger charge is -2.09. The number of rotatable bonds is 9. The second-order valence-corrected chi connectivity index (χ2v) is 5.27. The number of para-hydroxylation sites is 1. The smallest absolute Gasteiger partial charge is 0.331 e. The van der Waals surface area contributed by atoms with Crippen molar-refractivity contribution in [3.8, 4) is 5.75 Å². The summed E-state index contributed by atoms with van der Waals surface area (Å²) >= 11 is 0. The molecular weight excluding hydrogens is 264 g/mol. The van der Waals surface area contributed by atoms with Gasteiger partial charge in [0.25, 0.3) is 0 Å². The van der Waals surface area contributed by atoms with Crippen molar-refractivity contribution in [1.29, 1.82) is 0 Å². The molecule has 0 unspecified atom stereocenters. The average Bonchev–Trinajstić information content (AvgIpc) is 2.45. The van der Waals surface area contributed by atoms with Crippen LogP contribution < -0.4 is 4.74 Å². The minimum Gasteiger partial charge on any atom is -0.493 e. The molecule has 3 heteroatoms. The van der Waals surface area contributed by atoms with Crippen LogP contribution in [0.4, 0.5) is 0 Å². The van der Waals surface area contributed by atoms with E-state index in [1.165, 1.54) is 25.3 Å². The fourth-order valence-corrected chi connectivity index (χ4v) is 1.89. The fraction of sp³-hybridized carbons (Fsp3) is 0.500. The molecular formula is C18H26O3. The molecule has 1 aromatic carbocycles. The Morgan fingerprint density at radius 2 is 1.95 bits per heavy atom. The minimum atomic E-state index is -0.331. The quantitative estimate of drug-likeness (QED) is 0.378. The van der Waals surface area contributed by atoms with Gasteiger partial charge in [-0.15, -0.1) is 0 Å². The maximum Gasteiger partial charge on any atom is 0.331 e. The number of hydrogen-bond donors (Lipinski definition) is 0. The third kappa shape index (κ3) is 7.54. The van der Waals surface area contributed by atoms with Crippen molar-refractivity contribution in [2.75, 3.05) is 6.61 Å². The van der Waals surface area contributed by atoms with Gasteiger partial charge in [-0.1, -0.05) is 44.4 Å². The van der Waals surface area contributed by atoms with Gasteiger partial charge < -0.3 is 9.47 Å². The normalized spacial score (nSPS) is 11.0. The van der Waals surface area contributed by atoms with Gasteiger partial charge in [-0.2, -0.15) is 0 Å². The van der Waals surface area contributed by atoms with Gasteiger partial charge >= 0.3 is 5.97 Å². The molecule has 0 bridgehead atoms. The van der Waals surface area contributed by atoms with Crippen LogP contribution in [0.2, 0.25) is 0 Å². The van der Waals surface area contributed by atoms with E-state index < -0.39 is 0 Å². The summed E-state index contributed by atoms with van der Waals surface area (Å²) in [6.45, 7) is 6.57. The summed E-state index contributed by atoms with van der Waals surface area (Å²) in [5.41, 5.74) is 0.897. The molecule has 0 N–H and O–H groups in total. The summed E-state index contributed by atoms with van der Waals surface area (Å²) in [6.07, 6.45) is 7.79. The molecule has 0 saturated heterocycles. The van der Waals surface area contributed by atoms with Gasteiger partial charge in [0.15, 0.2) is 0 Å². The van der Waals surface area contributed by atoms with Crippen molar-refractivity contribution in [2.45, 2.75) is 52.6 Å². The maximum absolute atomic E-state index is 11.5. The average molecular weight is 290 g/mol. The summed E-state index contributed by atoms with van der Waals surface area (Å²) < 4.78 is 10.9. The van der Waals surface area contributed by atoms with E-state index in [0.29, 0.717) is 6.61 Å². The van der Waals surface area contributed by atoms with E-state index in [0.717, 1.165) is 17.7 Å². The largest absolute Gasteiger partial charge is 0.493 e. The number of esters is 1. The molecule has 0 aliphatic heterocycles. The van der Waals surface area contributed by atoms with Crippen LogP contribution in [-0.2, 0) is 9.53 Å². The van der Waals surface area contributed by atoms with Crippen LogP contribution in [0.5, 0.6) is 5.75 Å². The van der Waals surface area contributed by atoms with Crippen molar-refractivity contribution in [3.63, 3.8) is 0 Å². The van der Waals surface area contributed by atoms with Crippen molar-refractivity contribution in [1.82, 2.24) is 0 Å². The van der Waals surface area contributed by atoms with Gasteiger partial charge in [-0.25, -0.2) is 4.79 Å². The summed E-state index contributed by atoms with van der Waals surface area (Å²) in [7, 11) is 0. The van der Waals surface area contributed by atoms with E-state index in [-0.39, 0.29) is 12.1 Å². The van der Waals surface area contributed by atoms with Gasteiger partial charge in [-0.05, 0) is 32.4 Å². The van der Waals surface area contributed by atoms with E-state index in [1.54, 1.807) is 6.08 Å². The molecule has 0 heterocycles. The first-order valence-corrected chi connectivity index (χ1v) is 7.74. The molecule has 21 heavy (non-hydrogen) atoms. The Hall–Kier alpha value is -1.77. The van der Waals surface area contributed by atoms with E-state index in [4.69, 9.17) is 9.47 Å². The Balaban J connectivity index is 2.54. The monoisotopic (exact) mass is 290 g/mol. The number of benzene rings is 1. The molecule has 3 nitrogen and oxygen atoms in total. The topological polar surface area (TPSA) is 35.5 Å². The zero-order chi connectivity index (χ0) is 15.5. The molecule has 1 aromatic rings. The Morgan fingerprint density at radius 1 is 1.19 bits per heavy atom. The number of unbranched alkanes of at least 4 members (excludes halogenated alkanes) is 3. The second kappa shape index (κ2) is 10.0. The highest BCUT2D eigenvalue weighted by molar-refractivity contribution is 5.87. The Morgan fingerprint density at radius 3 is 2.67 bits per heavy atom. The zero-order valence-electron chi connectivity index (χ0n) is 13.3. The first kappa shape index (κ1) is 17.3. The third-order valence-corrected chi connectivity index (χ3v) is 2.93. The standard InChI is InChI=1S/C18H26O3/c1-4-5-6-9-14-20-17-11-8-7-10-16(17)12-13-18(19)21-15(2)3/h7-8,10-13,15H,4-6,9,14H2,1-3H3. The van der Waals surface area contributed by atoms with Crippen LogP contribution in [0, 0.1) is 0 Å². The Labute approximate surface area is 128 Å². The molecule has 0 radical (unpaired) electrons. The van der Waals surface area contributed by atoms with Crippen LogP contribution in [0.15, 0.2) is 30.3 Å². The predicted molar refractivity (Wildman–Crippen MR) is 86.3 cm³/mol. The van der Waals surface area contributed by atoms with Crippen LogP contribution in [0.3, 0.4) is 0 Å². The van der Waals surface area contributed by atoms with Crippen molar-refractivity contribution < 1.29 is 14.3 Å². The van der Waals surface area contributed by atoms with E-state index in [9.17, 15) is 4.79 Å². The summed E-state index contributed by atoms with van der Waals surface area (Å²) in [6, 6.07) is 7.72. The molecule has 0 aromatic heterocycles.